The van der Waals surface area contributed by atoms with Gasteiger partial charge in [-0.2, -0.15) is 0 Å². The van der Waals surface area contributed by atoms with Gasteiger partial charge in [-0.1, -0.05) is 27.7 Å². The number of aliphatic hydroxyl groups is 4. The molecule has 9 atom stereocenters. The number of rotatable bonds is 6. The van der Waals surface area contributed by atoms with Crippen molar-refractivity contribution in [1.29, 1.82) is 0 Å². The van der Waals surface area contributed by atoms with Gasteiger partial charge in [0.25, 0.3) is 0 Å². The number of carbonyl (C=O) groups excluding carboxylic acids is 2. The van der Waals surface area contributed by atoms with E-state index in [1.807, 2.05) is 13.8 Å². The van der Waals surface area contributed by atoms with E-state index in [0.717, 1.165) is 6.42 Å². The van der Waals surface area contributed by atoms with Gasteiger partial charge in [0, 0.05) is 23.3 Å². The maximum Gasteiger partial charge on any atom is 0.303 e. The molecular formula is C29H44O7. The van der Waals surface area contributed by atoms with Gasteiger partial charge in [0.2, 0.25) is 0 Å². The number of hydrogen-bond donors (Lipinski definition) is 4. The van der Waals surface area contributed by atoms with Gasteiger partial charge in [-0.3, -0.25) is 9.59 Å². The molecule has 4 aliphatic rings. The van der Waals surface area contributed by atoms with Gasteiger partial charge in [0.1, 0.15) is 12.2 Å². The van der Waals surface area contributed by atoms with Crippen molar-refractivity contribution in [2.75, 3.05) is 0 Å². The van der Waals surface area contributed by atoms with Gasteiger partial charge in [-0.25, -0.2) is 0 Å². The van der Waals surface area contributed by atoms with E-state index in [9.17, 15) is 30.0 Å². The highest BCUT2D eigenvalue weighted by atomic mass is 16.6. The Kier molecular flexibility index (Phi) is 6.90. The quantitative estimate of drug-likeness (QED) is 0.409. The number of fused-ring (bicyclic) bond motifs is 5. The molecule has 4 rings (SSSR count). The molecule has 2 saturated carbocycles. The second-order valence-electron chi connectivity index (χ2n) is 13.0. The summed E-state index contributed by atoms with van der Waals surface area (Å²) in [6.07, 6.45) is 4.23. The lowest BCUT2D eigenvalue weighted by molar-refractivity contribution is -0.168. The van der Waals surface area contributed by atoms with Crippen molar-refractivity contribution >= 4 is 11.8 Å². The highest BCUT2D eigenvalue weighted by molar-refractivity contribution is 6.07. The van der Waals surface area contributed by atoms with Crippen molar-refractivity contribution in [3.05, 3.63) is 23.3 Å². The van der Waals surface area contributed by atoms with E-state index in [1.165, 1.54) is 13.0 Å². The molecule has 0 saturated heterocycles. The van der Waals surface area contributed by atoms with Crippen LogP contribution in [0.3, 0.4) is 0 Å². The fraction of sp³-hybridized carbons (Fsp3) is 0.793. The minimum atomic E-state index is -1.37. The van der Waals surface area contributed by atoms with Crippen molar-refractivity contribution in [1.82, 2.24) is 0 Å². The van der Waals surface area contributed by atoms with Gasteiger partial charge in [-0.15, -0.1) is 0 Å². The summed E-state index contributed by atoms with van der Waals surface area (Å²) in [7, 11) is 0. The number of ketones is 1. The molecule has 0 amide bonds. The molecule has 2 fully saturated rings. The molecule has 0 aromatic heterocycles. The summed E-state index contributed by atoms with van der Waals surface area (Å²) in [5.41, 5.74) is -2.85. The fourth-order valence-electron chi connectivity index (χ4n) is 8.18. The molecule has 9 unspecified atom stereocenters. The Hall–Kier alpha value is -1.54. The maximum atomic E-state index is 13.4. The normalized spacial score (nSPS) is 42.5. The van der Waals surface area contributed by atoms with E-state index in [4.69, 9.17) is 4.74 Å². The van der Waals surface area contributed by atoms with E-state index in [1.54, 1.807) is 13.0 Å². The summed E-state index contributed by atoms with van der Waals surface area (Å²) in [5.74, 6) is -0.785. The molecule has 0 heterocycles. The van der Waals surface area contributed by atoms with Crippen LogP contribution < -0.4 is 0 Å². The highest BCUT2D eigenvalue weighted by Crippen LogP contribution is 2.68. The number of hydrogen-bond acceptors (Lipinski definition) is 7. The first-order chi connectivity index (χ1) is 16.6. The molecule has 4 N–H and O–H groups in total. The SMILES string of the molecule is CC(=O)OC1CC2(C)C(=CC1O)C(=O)C=C1C2CCC2(C)C(C(C)(O)C(O)CCC(C)C)CCC12O. The Balaban J connectivity index is 1.69. The molecule has 0 spiro atoms. The van der Waals surface area contributed by atoms with Gasteiger partial charge < -0.3 is 25.2 Å². The van der Waals surface area contributed by atoms with Crippen LogP contribution >= 0.6 is 0 Å². The van der Waals surface area contributed by atoms with E-state index in [2.05, 4.69) is 13.8 Å². The van der Waals surface area contributed by atoms with E-state index >= 15 is 0 Å². The van der Waals surface area contributed by atoms with Crippen LogP contribution in [0.1, 0.15) is 86.5 Å². The van der Waals surface area contributed by atoms with Crippen LogP contribution in [0.5, 0.6) is 0 Å². The van der Waals surface area contributed by atoms with Gasteiger partial charge in [0.15, 0.2) is 5.78 Å². The predicted molar refractivity (Wildman–Crippen MR) is 135 cm³/mol. The van der Waals surface area contributed by atoms with Crippen LogP contribution in [-0.2, 0) is 14.3 Å². The van der Waals surface area contributed by atoms with E-state index < -0.39 is 46.3 Å². The van der Waals surface area contributed by atoms with E-state index in [-0.39, 0.29) is 17.6 Å². The molecule has 0 bridgehead atoms. The van der Waals surface area contributed by atoms with E-state index in [0.29, 0.717) is 55.6 Å². The van der Waals surface area contributed by atoms with Crippen LogP contribution in [-0.4, -0.2) is 61.7 Å². The van der Waals surface area contributed by atoms with Crippen LogP contribution in [0.2, 0.25) is 0 Å². The van der Waals surface area contributed by atoms with Crippen molar-refractivity contribution in [2.24, 2.45) is 28.6 Å². The van der Waals surface area contributed by atoms with Crippen molar-refractivity contribution in [3.63, 3.8) is 0 Å². The Labute approximate surface area is 214 Å². The van der Waals surface area contributed by atoms with Crippen LogP contribution in [0.25, 0.3) is 0 Å². The average molecular weight is 505 g/mol. The Morgan fingerprint density at radius 2 is 1.89 bits per heavy atom. The molecule has 36 heavy (non-hydrogen) atoms. The van der Waals surface area contributed by atoms with Gasteiger partial charge >= 0.3 is 5.97 Å². The molecule has 7 nitrogen and oxygen atoms in total. The summed E-state index contributed by atoms with van der Waals surface area (Å²) in [5, 5.41) is 45.5. The second kappa shape index (κ2) is 9.04. The number of ether oxygens (including phenoxy) is 1. The van der Waals surface area contributed by atoms with Crippen molar-refractivity contribution < 1.29 is 34.8 Å². The third-order valence-electron chi connectivity index (χ3n) is 10.3. The largest absolute Gasteiger partial charge is 0.459 e. The lowest BCUT2D eigenvalue weighted by Gasteiger charge is -2.59. The number of allylic oxidation sites excluding steroid dienone is 2. The molecule has 0 aromatic rings. The summed E-state index contributed by atoms with van der Waals surface area (Å²) in [6, 6.07) is 0. The lowest BCUT2D eigenvalue weighted by Crippen LogP contribution is -2.61. The van der Waals surface area contributed by atoms with Crippen molar-refractivity contribution in [2.45, 2.75) is 116 Å². The second-order valence-corrected chi connectivity index (χ2v) is 13.0. The predicted octanol–water partition coefficient (Wildman–Crippen LogP) is 3.23. The van der Waals surface area contributed by atoms with Gasteiger partial charge in [-0.05, 0) is 87.3 Å². The first-order valence-corrected chi connectivity index (χ1v) is 13.5. The third kappa shape index (κ3) is 4.01. The molecule has 202 valence electrons. The summed E-state index contributed by atoms with van der Waals surface area (Å²) >= 11 is 0. The molecular weight excluding hydrogens is 460 g/mol. The monoisotopic (exact) mass is 504 g/mol. The standard InChI is InChI=1S/C29H44O7/c1-16(2)7-8-25(33)28(6,34)24-10-12-29(35)19-13-21(31)20-14-22(32)23(36-17(3)30)15-26(20,4)18(19)9-11-27(24,29)5/h13-14,16,18,22-25,32-35H,7-12,15H2,1-6H3. The zero-order valence-electron chi connectivity index (χ0n) is 22.6. The Morgan fingerprint density at radius 3 is 2.50 bits per heavy atom. The number of esters is 1. The Bertz CT molecular complexity index is 980. The number of carbonyl (C=O) groups is 2. The van der Waals surface area contributed by atoms with Crippen molar-refractivity contribution in [3.8, 4) is 0 Å². The first kappa shape index (κ1) is 27.5. The fourth-order valence-corrected chi connectivity index (χ4v) is 8.18. The summed E-state index contributed by atoms with van der Waals surface area (Å²) in [6.45, 7) is 11.1. The minimum Gasteiger partial charge on any atom is -0.459 e. The van der Waals surface area contributed by atoms with Crippen LogP contribution in [0.4, 0.5) is 0 Å². The Morgan fingerprint density at radius 1 is 1.22 bits per heavy atom. The van der Waals surface area contributed by atoms with Crippen LogP contribution in [0.15, 0.2) is 23.3 Å². The maximum absolute atomic E-state index is 13.4. The van der Waals surface area contributed by atoms with Crippen LogP contribution in [0, 0.1) is 28.6 Å². The number of aliphatic hydroxyl groups excluding tert-OH is 2. The molecule has 0 aromatic carbocycles. The summed E-state index contributed by atoms with van der Waals surface area (Å²) in [4.78, 5) is 25.0. The smallest absolute Gasteiger partial charge is 0.303 e. The first-order valence-electron chi connectivity index (χ1n) is 13.5. The third-order valence-corrected chi connectivity index (χ3v) is 10.3. The zero-order chi connectivity index (χ0) is 26.8. The molecule has 0 aliphatic heterocycles. The molecule has 4 aliphatic carbocycles. The average Bonchev–Trinajstić information content (AvgIpc) is 3.05. The zero-order valence-corrected chi connectivity index (χ0v) is 22.6. The highest BCUT2D eigenvalue weighted by Gasteiger charge is 2.68. The molecule has 0 radical (unpaired) electrons. The molecule has 7 heteroatoms. The topological polar surface area (TPSA) is 124 Å². The summed E-state index contributed by atoms with van der Waals surface area (Å²) < 4.78 is 5.40. The van der Waals surface area contributed by atoms with Gasteiger partial charge in [0.05, 0.1) is 17.3 Å². The minimum absolute atomic E-state index is 0.153. The lowest BCUT2D eigenvalue weighted by atomic mass is 9.47.